The van der Waals surface area contributed by atoms with Gasteiger partial charge in [0.25, 0.3) is 10.0 Å². The van der Waals surface area contributed by atoms with Crippen LogP contribution in [0.1, 0.15) is 34.0 Å². The number of hydrogen-bond donors (Lipinski definition) is 0. The Hall–Kier alpha value is -3.91. The van der Waals surface area contributed by atoms with Crippen molar-refractivity contribution in [1.29, 1.82) is 0 Å². The van der Waals surface area contributed by atoms with Gasteiger partial charge in [0.2, 0.25) is 0 Å². The van der Waals surface area contributed by atoms with E-state index in [4.69, 9.17) is 9.15 Å². The van der Waals surface area contributed by atoms with Crippen LogP contribution in [0, 0.1) is 13.8 Å². The van der Waals surface area contributed by atoms with Gasteiger partial charge in [0.15, 0.2) is 0 Å². The summed E-state index contributed by atoms with van der Waals surface area (Å²) >= 11 is 0. The first-order chi connectivity index (χ1) is 16.7. The second-order valence-electron chi connectivity index (χ2n) is 8.08. The molecule has 0 saturated carbocycles. The van der Waals surface area contributed by atoms with E-state index < -0.39 is 21.6 Å². The van der Waals surface area contributed by atoms with Crippen LogP contribution in [0.25, 0.3) is 11.0 Å². The monoisotopic (exact) mass is 491 g/mol. The Balaban J connectivity index is 1.60. The summed E-state index contributed by atoms with van der Waals surface area (Å²) in [5, 5.41) is 0.679. The molecule has 0 radical (unpaired) electrons. The highest BCUT2D eigenvalue weighted by atomic mass is 32.2. The molecule has 0 saturated heterocycles. The zero-order valence-corrected chi connectivity index (χ0v) is 20.5. The largest absolute Gasteiger partial charge is 0.457 e. The molecule has 3 aromatic carbocycles. The zero-order chi connectivity index (χ0) is 25.2. The first-order valence-corrected chi connectivity index (χ1v) is 12.5. The van der Waals surface area contributed by atoms with Gasteiger partial charge in [-0.2, -0.15) is 0 Å². The van der Waals surface area contributed by atoms with Gasteiger partial charge < -0.3 is 9.15 Å². The maximum Gasteiger partial charge on any atom is 0.338 e. The highest BCUT2D eigenvalue weighted by molar-refractivity contribution is 7.92. The number of aryl methyl sites for hydroxylation is 2. The predicted molar refractivity (Wildman–Crippen MR) is 134 cm³/mol. The number of para-hydroxylation sites is 1. The van der Waals surface area contributed by atoms with E-state index in [-0.39, 0.29) is 23.6 Å². The summed E-state index contributed by atoms with van der Waals surface area (Å²) < 4.78 is 38.7. The lowest BCUT2D eigenvalue weighted by atomic mass is 10.0. The second kappa shape index (κ2) is 9.76. The van der Waals surface area contributed by atoms with E-state index in [0.717, 1.165) is 11.1 Å². The minimum Gasteiger partial charge on any atom is -0.457 e. The summed E-state index contributed by atoms with van der Waals surface area (Å²) in [5.74, 6) is -0.699. The Labute approximate surface area is 203 Å². The number of hydrogen-bond acceptors (Lipinski definition) is 6. The van der Waals surface area contributed by atoms with E-state index in [0.29, 0.717) is 22.2 Å². The fourth-order valence-corrected chi connectivity index (χ4v) is 5.39. The van der Waals surface area contributed by atoms with E-state index in [2.05, 4.69) is 0 Å². The van der Waals surface area contributed by atoms with Gasteiger partial charge in [0.1, 0.15) is 12.2 Å². The van der Waals surface area contributed by atoms with Crippen LogP contribution >= 0.6 is 0 Å². The molecule has 0 N–H and O–H groups in total. The number of anilines is 1. The van der Waals surface area contributed by atoms with Crippen LogP contribution in [0.4, 0.5) is 5.69 Å². The number of carbonyl (C=O) groups is 1. The number of benzene rings is 3. The molecule has 7 nitrogen and oxygen atoms in total. The molecule has 1 aromatic heterocycles. The summed E-state index contributed by atoms with van der Waals surface area (Å²) in [6.45, 7) is 5.58. The highest BCUT2D eigenvalue weighted by Gasteiger charge is 2.24. The van der Waals surface area contributed by atoms with Crippen molar-refractivity contribution in [3.63, 3.8) is 0 Å². The minimum absolute atomic E-state index is 0.0189. The molecule has 0 spiro atoms. The molecular weight excluding hydrogens is 466 g/mol. The fraction of sp³-hybridized carbons (Fsp3) is 0.185. The van der Waals surface area contributed by atoms with E-state index in [1.165, 1.54) is 34.6 Å². The average molecular weight is 492 g/mol. The van der Waals surface area contributed by atoms with Crippen LogP contribution in [0.3, 0.4) is 0 Å². The molecule has 0 aliphatic carbocycles. The number of rotatable bonds is 7. The molecule has 4 rings (SSSR count). The van der Waals surface area contributed by atoms with Crippen molar-refractivity contribution in [2.75, 3.05) is 10.8 Å². The van der Waals surface area contributed by atoms with Crippen LogP contribution in [-0.4, -0.2) is 20.9 Å². The van der Waals surface area contributed by atoms with Gasteiger partial charge in [-0.05, 0) is 62.2 Å². The van der Waals surface area contributed by atoms with E-state index >= 15 is 0 Å². The summed E-state index contributed by atoms with van der Waals surface area (Å²) in [7, 11) is -3.90. The summed E-state index contributed by atoms with van der Waals surface area (Å²) in [6, 6.07) is 19.5. The SMILES string of the molecule is CCN(c1ccccc1)S(=O)(=O)c1cccc(C(=O)OCc2cc(=O)oc3c(C)c(C)ccc23)c1. The molecule has 35 heavy (non-hydrogen) atoms. The van der Waals surface area contributed by atoms with Crippen molar-refractivity contribution in [3.05, 3.63) is 105 Å². The standard InChI is InChI=1S/C27H25NO6S/c1-4-28(22-10-6-5-7-11-22)35(31,32)23-12-8-9-20(15-23)27(30)33-17-21-16-25(29)34-26-19(3)18(2)13-14-24(21)26/h5-16H,4,17H2,1-3H3. The number of nitrogens with zero attached hydrogens (tertiary/aromatic N) is 1. The second-order valence-corrected chi connectivity index (χ2v) is 9.95. The molecule has 4 aromatic rings. The van der Waals surface area contributed by atoms with Gasteiger partial charge in [-0.15, -0.1) is 0 Å². The average Bonchev–Trinajstić information content (AvgIpc) is 2.86. The Kier molecular flexibility index (Phi) is 6.75. The smallest absolute Gasteiger partial charge is 0.338 e. The first-order valence-electron chi connectivity index (χ1n) is 11.1. The van der Waals surface area contributed by atoms with Crippen molar-refractivity contribution < 1.29 is 22.4 Å². The topological polar surface area (TPSA) is 93.9 Å². The minimum atomic E-state index is -3.90. The lowest BCUT2D eigenvalue weighted by Crippen LogP contribution is -2.30. The molecule has 0 fully saturated rings. The van der Waals surface area contributed by atoms with Crippen molar-refractivity contribution in [1.82, 2.24) is 0 Å². The van der Waals surface area contributed by atoms with Crippen LogP contribution < -0.4 is 9.93 Å². The van der Waals surface area contributed by atoms with Crippen molar-refractivity contribution in [3.8, 4) is 0 Å². The normalized spacial score (nSPS) is 11.4. The van der Waals surface area contributed by atoms with Gasteiger partial charge in [0, 0.05) is 23.6 Å². The van der Waals surface area contributed by atoms with Gasteiger partial charge >= 0.3 is 11.6 Å². The third-order valence-corrected chi connectivity index (χ3v) is 7.76. The van der Waals surface area contributed by atoms with Crippen molar-refractivity contribution >= 4 is 32.6 Å². The molecule has 0 bridgehead atoms. The number of ether oxygens (including phenoxy) is 1. The van der Waals surface area contributed by atoms with Crippen molar-refractivity contribution in [2.24, 2.45) is 0 Å². The van der Waals surface area contributed by atoms with Crippen LogP contribution in [0.5, 0.6) is 0 Å². The summed E-state index contributed by atoms with van der Waals surface area (Å²) in [5.41, 5.74) is 2.87. The van der Waals surface area contributed by atoms with Crippen molar-refractivity contribution in [2.45, 2.75) is 32.3 Å². The first kappa shape index (κ1) is 24.2. The van der Waals surface area contributed by atoms with Crippen LogP contribution in [-0.2, 0) is 21.4 Å². The van der Waals surface area contributed by atoms with Crippen LogP contribution in [0.15, 0.2) is 86.9 Å². The van der Waals surface area contributed by atoms with Gasteiger partial charge in [-0.3, -0.25) is 4.31 Å². The Morgan fingerprint density at radius 3 is 2.43 bits per heavy atom. The van der Waals surface area contributed by atoms with Gasteiger partial charge in [0.05, 0.1) is 16.1 Å². The molecule has 1 heterocycles. The molecule has 0 aliphatic rings. The van der Waals surface area contributed by atoms with E-state index in [1.807, 2.05) is 32.0 Å². The molecule has 0 amide bonds. The maximum absolute atomic E-state index is 13.3. The lowest BCUT2D eigenvalue weighted by Gasteiger charge is -2.23. The molecule has 0 unspecified atom stereocenters. The Morgan fingerprint density at radius 1 is 0.971 bits per heavy atom. The number of fused-ring (bicyclic) bond motifs is 1. The molecule has 0 aliphatic heterocycles. The Morgan fingerprint density at radius 2 is 1.71 bits per heavy atom. The molecule has 8 heteroatoms. The fourth-order valence-electron chi connectivity index (χ4n) is 3.87. The Bertz CT molecular complexity index is 1560. The molecule has 180 valence electrons. The predicted octanol–water partition coefficient (Wildman–Crippen LogP) is 4.98. The molecular formula is C27H25NO6S. The lowest BCUT2D eigenvalue weighted by molar-refractivity contribution is 0.0473. The van der Waals surface area contributed by atoms with E-state index in [1.54, 1.807) is 31.2 Å². The third kappa shape index (κ3) is 4.83. The number of carbonyl (C=O) groups excluding carboxylic acids is 1. The summed E-state index contributed by atoms with van der Waals surface area (Å²) in [4.78, 5) is 24.9. The number of sulfonamides is 1. The summed E-state index contributed by atoms with van der Waals surface area (Å²) in [6.07, 6.45) is 0. The maximum atomic E-state index is 13.3. The van der Waals surface area contributed by atoms with E-state index in [9.17, 15) is 18.0 Å². The van der Waals surface area contributed by atoms with Gasteiger partial charge in [-0.25, -0.2) is 18.0 Å². The van der Waals surface area contributed by atoms with Gasteiger partial charge in [-0.1, -0.05) is 36.4 Å². The molecule has 0 atom stereocenters. The van der Waals surface area contributed by atoms with Crippen LogP contribution in [0.2, 0.25) is 0 Å². The third-order valence-electron chi connectivity index (χ3n) is 5.87. The zero-order valence-electron chi connectivity index (χ0n) is 19.6. The number of esters is 1. The highest BCUT2D eigenvalue weighted by Crippen LogP contribution is 2.26. The quantitative estimate of drug-likeness (QED) is 0.267.